The number of aromatic nitrogens is 2. The second-order valence-electron chi connectivity index (χ2n) is 5.95. The van der Waals surface area contributed by atoms with Crippen molar-refractivity contribution in [1.29, 1.82) is 0 Å². The Morgan fingerprint density at radius 3 is 2.91 bits per heavy atom. The molecule has 0 unspecified atom stereocenters. The molecule has 2 aromatic carbocycles. The van der Waals surface area contributed by atoms with Gasteiger partial charge in [0, 0.05) is 23.4 Å². The Labute approximate surface area is 132 Å². The van der Waals surface area contributed by atoms with E-state index in [9.17, 15) is 9.18 Å². The third kappa shape index (κ3) is 2.82. The molecule has 1 heterocycles. The molecule has 23 heavy (non-hydrogen) atoms. The summed E-state index contributed by atoms with van der Waals surface area (Å²) in [6.45, 7) is 0.499. The fraction of sp³-hybridized carbons (Fsp3) is 0.222. The number of carbonyl (C=O) groups excluding carboxylic acids is 1. The van der Waals surface area contributed by atoms with E-state index in [1.807, 2.05) is 24.3 Å². The Morgan fingerprint density at radius 1 is 1.26 bits per heavy atom. The Morgan fingerprint density at radius 2 is 2.13 bits per heavy atom. The molecule has 1 saturated carbocycles. The van der Waals surface area contributed by atoms with Gasteiger partial charge in [-0.25, -0.2) is 4.39 Å². The topological polar surface area (TPSA) is 57.8 Å². The monoisotopic (exact) mass is 309 g/mol. The highest BCUT2D eigenvalue weighted by atomic mass is 19.1. The fourth-order valence-electron chi connectivity index (χ4n) is 2.71. The molecule has 0 spiro atoms. The number of hydrogen-bond acceptors (Lipinski definition) is 2. The molecule has 116 valence electrons. The van der Waals surface area contributed by atoms with Gasteiger partial charge in [-0.1, -0.05) is 18.2 Å². The molecule has 4 nitrogen and oxygen atoms in total. The maximum Gasteiger partial charge on any atom is 0.223 e. The van der Waals surface area contributed by atoms with Crippen LogP contribution in [0.25, 0.3) is 22.2 Å². The van der Waals surface area contributed by atoms with Crippen molar-refractivity contribution >= 4 is 16.8 Å². The Hall–Kier alpha value is -2.69. The summed E-state index contributed by atoms with van der Waals surface area (Å²) in [7, 11) is 0. The van der Waals surface area contributed by atoms with Gasteiger partial charge in [0.15, 0.2) is 0 Å². The van der Waals surface area contributed by atoms with Gasteiger partial charge in [-0.15, -0.1) is 0 Å². The largest absolute Gasteiger partial charge is 0.352 e. The molecule has 0 bridgehead atoms. The van der Waals surface area contributed by atoms with Crippen LogP contribution in [-0.4, -0.2) is 16.1 Å². The van der Waals surface area contributed by atoms with E-state index < -0.39 is 0 Å². The molecular weight excluding hydrogens is 293 g/mol. The molecule has 4 rings (SSSR count). The molecule has 1 aliphatic rings. The molecule has 3 aromatic rings. The SMILES string of the molecule is O=C(NCc1ccc2[nH]nc(-c3cccc(F)c3)c2c1)C1CC1. The molecule has 0 radical (unpaired) electrons. The van der Waals surface area contributed by atoms with E-state index >= 15 is 0 Å². The summed E-state index contributed by atoms with van der Waals surface area (Å²) in [6, 6.07) is 12.3. The summed E-state index contributed by atoms with van der Waals surface area (Å²) in [6.07, 6.45) is 1.99. The normalized spacial score (nSPS) is 14.1. The molecule has 5 heteroatoms. The van der Waals surface area contributed by atoms with Crippen molar-refractivity contribution in [2.75, 3.05) is 0 Å². The standard InChI is InChI=1S/C18H16FN3O/c19-14-3-1-2-13(9-14)17-15-8-11(4-7-16(15)21-22-17)10-20-18(23)12-5-6-12/h1-4,7-9,12H,5-6,10H2,(H,20,23)(H,21,22). The molecule has 0 atom stereocenters. The zero-order valence-electron chi connectivity index (χ0n) is 12.5. The minimum atomic E-state index is -0.286. The number of fused-ring (bicyclic) bond motifs is 1. The first-order valence-electron chi connectivity index (χ1n) is 7.71. The van der Waals surface area contributed by atoms with Crippen LogP contribution in [-0.2, 0) is 11.3 Å². The Kier molecular flexibility index (Phi) is 3.33. The summed E-state index contributed by atoms with van der Waals surface area (Å²) in [5.41, 5.74) is 3.34. The maximum atomic E-state index is 13.4. The maximum absolute atomic E-state index is 13.4. The average Bonchev–Trinajstić information content (AvgIpc) is 3.32. The van der Waals surface area contributed by atoms with Crippen LogP contribution >= 0.6 is 0 Å². The van der Waals surface area contributed by atoms with E-state index in [1.54, 1.807) is 6.07 Å². The van der Waals surface area contributed by atoms with Crippen molar-refractivity contribution < 1.29 is 9.18 Å². The summed E-state index contributed by atoms with van der Waals surface area (Å²) in [5, 5.41) is 11.2. The summed E-state index contributed by atoms with van der Waals surface area (Å²) in [5.74, 6) is 0.0460. The minimum Gasteiger partial charge on any atom is -0.352 e. The second-order valence-corrected chi connectivity index (χ2v) is 5.95. The van der Waals surface area contributed by atoms with Gasteiger partial charge in [0.25, 0.3) is 0 Å². The van der Waals surface area contributed by atoms with Crippen LogP contribution in [0.15, 0.2) is 42.5 Å². The predicted octanol–water partition coefficient (Wildman–Crippen LogP) is 3.40. The van der Waals surface area contributed by atoms with Crippen LogP contribution in [0, 0.1) is 11.7 Å². The van der Waals surface area contributed by atoms with Crippen LogP contribution < -0.4 is 5.32 Å². The fourth-order valence-corrected chi connectivity index (χ4v) is 2.71. The van der Waals surface area contributed by atoms with Gasteiger partial charge in [-0.3, -0.25) is 9.89 Å². The highest BCUT2D eigenvalue weighted by Crippen LogP contribution is 2.29. The lowest BCUT2D eigenvalue weighted by atomic mass is 10.1. The first-order chi connectivity index (χ1) is 11.2. The molecule has 1 aliphatic carbocycles. The van der Waals surface area contributed by atoms with Gasteiger partial charge >= 0.3 is 0 Å². The van der Waals surface area contributed by atoms with E-state index in [-0.39, 0.29) is 17.6 Å². The average molecular weight is 309 g/mol. The zero-order chi connectivity index (χ0) is 15.8. The van der Waals surface area contributed by atoms with Crippen molar-refractivity contribution in [1.82, 2.24) is 15.5 Å². The summed E-state index contributed by atoms with van der Waals surface area (Å²) < 4.78 is 13.4. The predicted molar refractivity (Wildman–Crippen MR) is 86.1 cm³/mol. The van der Waals surface area contributed by atoms with Crippen LogP contribution in [0.5, 0.6) is 0 Å². The number of rotatable bonds is 4. The van der Waals surface area contributed by atoms with Crippen LogP contribution in [0.4, 0.5) is 4.39 Å². The number of benzene rings is 2. The van der Waals surface area contributed by atoms with Gasteiger partial charge < -0.3 is 5.32 Å². The number of halogens is 1. The van der Waals surface area contributed by atoms with Gasteiger partial charge in [0.2, 0.25) is 5.91 Å². The third-order valence-electron chi connectivity index (χ3n) is 4.14. The number of H-pyrrole nitrogens is 1. The first kappa shape index (κ1) is 13.9. The van der Waals surface area contributed by atoms with Gasteiger partial charge in [-0.05, 0) is 42.7 Å². The zero-order valence-corrected chi connectivity index (χ0v) is 12.5. The summed E-state index contributed by atoms with van der Waals surface area (Å²) >= 11 is 0. The Balaban J connectivity index is 1.64. The Bertz CT molecular complexity index is 883. The van der Waals surface area contributed by atoms with Gasteiger partial charge in [0.05, 0.1) is 5.52 Å². The molecule has 1 fully saturated rings. The lowest BCUT2D eigenvalue weighted by Crippen LogP contribution is -2.24. The molecule has 0 saturated heterocycles. The summed E-state index contributed by atoms with van der Waals surface area (Å²) in [4.78, 5) is 11.7. The van der Waals surface area contributed by atoms with E-state index in [0.29, 0.717) is 6.54 Å². The van der Waals surface area contributed by atoms with Crippen molar-refractivity contribution in [3.63, 3.8) is 0 Å². The number of aromatic amines is 1. The number of carbonyl (C=O) groups is 1. The number of nitrogens with one attached hydrogen (secondary N) is 2. The van der Waals surface area contributed by atoms with Crippen LogP contribution in [0.1, 0.15) is 18.4 Å². The third-order valence-corrected chi connectivity index (χ3v) is 4.14. The van der Waals surface area contributed by atoms with Crippen molar-refractivity contribution in [3.8, 4) is 11.3 Å². The van der Waals surface area contributed by atoms with Crippen LogP contribution in [0.3, 0.4) is 0 Å². The minimum absolute atomic E-state index is 0.127. The highest BCUT2D eigenvalue weighted by Gasteiger charge is 2.29. The number of hydrogen-bond donors (Lipinski definition) is 2. The molecule has 0 aliphatic heterocycles. The van der Waals surface area contributed by atoms with Crippen molar-refractivity contribution in [2.24, 2.45) is 5.92 Å². The van der Waals surface area contributed by atoms with Crippen molar-refractivity contribution in [2.45, 2.75) is 19.4 Å². The quantitative estimate of drug-likeness (QED) is 0.776. The van der Waals surface area contributed by atoms with Crippen LogP contribution in [0.2, 0.25) is 0 Å². The second kappa shape index (κ2) is 5.50. The lowest BCUT2D eigenvalue weighted by Gasteiger charge is -2.05. The molecule has 1 aromatic heterocycles. The smallest absolute Gasteiger partial charge is 0.223 e. The lowest BCUT2D eigenvalue weighted by molar-refractivity contribution is -0.122. The first-order valence-corrected chi connectivity index (χ1v) is 7.71. The van der Waals surface area contributed by atoms with Gasteiger partial charge in [-0.2, -0.15) is 5.10 Å². The number of amides is 1. The van der Waals surface area contributed by atoms with E-state index in [4.69, 9.17) is 0 Å². The van der Waals surface area contributed by atoms with E-state index in [1.165, 1.54) is 12.1 Å². The number of nitrogens with zero attached hydrogens (tertiary/aromatic N) is 1. The van der Waals surface area contributed by atoms with Gasteiger partial charge in [0.1, 0.15) is 11.5 Å². The highest BCUT2D eigenvalue weighted by molar-refractivity contribution is 5.93. The molecular formula is C18H16FN3O. The van der Waals surface area contributed by atoms with E-state index in [0.717, 1.165) is 40.6 Å². The molecule has 2 N–H and O–H groups in total. The molecule has 1 amide bonds. The van der Waals surface area contributed by atoms with E-state index in [2.05, 4.69) is 15.5 Å². The van der Waals surface area contributed by atoms with Crippen molar-refractivity contribution in [3.05, 3.63) is 53.8 Å².